The molecule has 0 N–H and O–H groups in total. The molecule has 7 heteroatoms. The maximum absolute atomic E-state index is 12.2. The van der Waals surface area contributed by atoms with E-state index in [1.807, 2.05) is 13.8 Å². The molecule has 1 heterocycles. The average Bonchev–Trinajstić information content (AvgIpc) is 2.73. The molecule has 0 saturated carbocycles. The van der Waals surface area contributed by atoms with Gasteiger partial charge in [0.05, 0.1) is 13.2 Å². The van der Waals surface area contributed by atoms with Gasteiger partial charge in [-0.3, -0.25) is 4.79 Å². The molecule has 0 saturated heterocycles. The molecule has 0 aromatic rings. The van der Waals surface area contributed by atoms with Crippen LogP contribution in [-0.2, 0) is 14.3 Å². The van der Waals surface area contributed by atoms with Crippen LogP contribution in [0.15, 0.2) is 21.9 Å². The van der Waals surface area contributed by atoms with Crippen LogP contribution in [0.4, 0.5) is 0 Å². The minimum atomic E-state index is -0.618. The highest BCUT2D eigenvalue weighted by Gasteiger charge is 2.32. The fourth-order valence-corrected chi connectivity index (χ4v) is 1.58. The summed E-state index contributed by atoms with van der Waals surface area (Å²) < 4.78 is 4.51. The third kappa shape index (κ3) is 3.43. The lowest BCUT2D eigenvalue weighted by Gasteiger charge is -2.19. The van der Waals surface area contributed by atoms with E-state index in [-0.39, 0.29) is 5.70 Å². The van der Waals surface area contributed by atoms with Crippen LogP contribution in [0.5, 0.6) is 0 Å². The summed E-state index contributed by atoms with van der Waals surface area (Å²) in [6.07, 6.45) is 2.56. The number of aliphatic imine (C=N–C) groups is 1. The van der Waals surface area contributed by atoms with Crippen LogP contribution in [0.1, 0.15) is 26.7 Å². The van der Waals surface area contributed by atoms with Gasteiger partial charge in [-0.2, -0.15) is 10.1 Å². The second kappa shape index (κ2) is 6.83. The first-order valence-corrected chi connectivity index (χ1v) is 6.41. The summed E-state index contributed by atoms with van der Waals surface area (Å²) in [6.45, 7) is 3.95. The normalized spacial score (nSPS) is 16.2. The van der Waals surface area contributed by atoms with E-state index in [1.54, 1.807) is 19.0 Å². The standard InChI is InChI=1S/C13H20N4O3/c1-6-9(7-2)15-17-12(19)10(8-11(18)20-5)14-13(17)16(3)4/h8H,6-7H2,1-5H3/b10-8-. The number of hydrogen-bond acceptors (Lipinski definition) is 6. The van der Waals surface area contributed by atoms with Crippen LogP contribution >= 0.6 is 0 Å². The largest absolute Gasteiger partial charge is 0.466 e. The molecule has 0 fully saturated rings. The Kier molecular flexibility index (Phi) is 5.42. The first kappa shape index (κ1) is 15.9. The van der Waals surface area contributed by atoms with Gasteiger partial charge in [-0.25, -0.2) is 9.79 Å². The Morgan fingerprint density at radius 2 is 2.00 bits per heavy atom. The van der Waals surface area contributed by atoms with Crippen LogP contribution in [0.2, 0.25) is 0 Å². The Morgan fingerprint density at radius 3 is 2.45 bits per heavy atom. The molecule has 1 aliphatic heterocycles. The number of amides is 1. The fourth-order valence-electron chi connectivity index (χ4n) is 1.58. The number of methoxy groups -OCH3 is 1. The molecule has 0 radical (unpaired) electrons. The fraction of sp³-hybridized carbons (Fsp3) is 0.538. The molecule has 0 aromatic heterocycles. The summed E-state index contributed by atoms with van der Waals surface area (Å²) in [5.41, 5.74) is 0.906. The van der Waals surface area contributed by atoms with Gasteiger partial charge >= 0.3 is 5.97 Å². The molecule has 0 atom stereocenters. The van der Waals surface area contributed by atoms with Crippen molar-refractivity contribution in [3.8, 4) is 0 Å². The molecule has 1 amide bonds. The van der Waals surface area contributed by atoms with Crippen molar-refractivity contribution in [3.63, 3.8) is 0 Å². The maximum Gasteiger partial charge on any atom is 0.332 e. The Balaban J connectivity index is 3.17. The van der Waals surface area contributed by atoms with Crippen molar-refractivity contribution in [1.29, 1.82) is 0 Å². The molecule has 0 aromatic carbocycles. The highest BCUT2D eigenvalue weighted by atomic mass is 16.5. The molecule has 110 valence electrons. The lowest BCUT2D eigenvalue weighted by atomic mass is 10.2. The number of hydrazone groups is 1. The highest BCUT2D eigenvalue weighted by molar-refractivity contribution is 6.13. The summed E-state index contributed by atoms with van der Waals surface area (Å²) in [5, 5.41) is 5.53. The zero-order valence-electron chi connectivity index (χ0n) is 12.5. The SMILES string of the molecule is CCC(CC)=NN1C(=O)/C(=C/C(=O)OC)N=C1N(C)C. The summed E-state index contributed by atoms with van der Waals surface area (Å²) in [7, 11) is 4.76. The van der Waals surface area contributed by atoms with E-state index >= 15 is 0 Å². The van der Waals surface area contributed by atoms with E-state index in [4.69, 9.17) is 0 Å². The van der Waals surface area contributed by atoms with Crippen molar-refractivity contribution in [3.05, 3.63) is 11.8 Å². The van der Waals surface area contributed by atoms with Crippen molar-refractivity contribution in [2.75, 3.05) is 21.2 Å². The van der Waals surface area contributed by atoms with Gasteiger partial charge in [-0.15, -0.1) is 0 Å². The smallest absolute Gasteiger partial charge is 0.332 e. The number of carbonyl (C=O) groups is 2. The van der Waals surface area contributed by atoms with E-state index < -0.39 is 11.9 Å². The van der Waals surface area contributed by atoms with Gasteiger partial charge in [-0.1, -0.05) is 13.8 Å². The lowest BCUT2D eigenvalue weighted by Crippen LogP contribution is -2.37. The van der Waals surface area contributed by atoms with Crippen molar-refractivity contribution >= 4 is 23.5 Å². The number of ether oxygens (including phenoxy) is 1. The van der Waals surface area contributed by atoms with Gasteiger partial charge < -0.3 is 9.64 Å². The topological polar surface area (TPSA) is 74.6 Å². The van der Waals surface area contributed by atoms with Gasteiger partial charge in [0.15, 0.2) is 0 Å². The van der Waals surface area contributed by atoms with E-state index in [1.165, 1.54) is 12.1 Å². The van der Waals surface area contributed by atoms with Crippen molar-refractivity contribution in [2.45, 2.75) is 26.7 Å². The molecular formula is C13H20N4O3. The predicted molar refractivity (Wildman–Crippen MR) is 76.1 cm³/mol. The summed E-state index contributed by atoms with van der Waals surface area (Å²) in [5.74, 6) is -0.671. The minimum Gasteiger partial charge on any atom is -0.466 e. The van der Waals surface area contributed by atoms with Gasteiger partial charge in [0.1, 0.15) is 5.70 Å². The number of nitrogens with zero attached hydrogens (tertiary/aromatic N) is 4. The number of rotatable bonds is 4. The quantitative estimate of drug-likeness (QED) is 0.437. The number of guanidine groups is 1. The third-order valence-electron chi connectivity index (χ3n) is 2.73. The average molecular weight is 280 g/mol. The molecule has 7 nitrogen and oxygen atoms in total. The summed E-state index contributed by atoms with van der Waals surface area (Å²) in [6, 6.07) is 0. The molecule has 0 bridgehead atoms. The molecule has 20 heavy (non-hydrogen) atoms. The predicted octanol–water partition coefficient (Wildman–Crippen LogP) is 0.979. The maximum atomic E-state index is 12.2. The van der Waals surface area contributed by atoms with Crippen LogP contribution in [0, 0.1) is 0 Å². The number of carbonyl (C=O) groups excluding carboxylic acids is 2. The van der Waals surface area contributed by atoms with E-state index in [0.717, 1.165) is 24.6 Å². The van der Waals surface area contributed by atoms with Crippen molar-refractivity contribution in [1.82, 2.24) is 9.91 Å². The number of hydrogen-bond donors (Lipinski definition) is 0. The Hall–Kier alpha value is -2.18. The van der Waals surface area contributed by atoms with Crippen molar-refractivity contribution < 1.29 is 14.3 Å². The Bertz CT molecular complexity index is 486. The zero-order chi connectivity index (χ0) is 15.3. The van der Waals surface area contributed by atoms with Crippen molar-refractivity contribution in [2.24, 2.45) is 10.1 Å². The molecular weight excluding hydrogens is 260 g/mol. The molecule has 0 unspecified atom stereocenters. The number of esters is 1. The Labute approximate surface area is 118 Å². The lowest BCUT2D eigenvalue weighted by molar-refractivity contribution is -0.135. The first-order valence-electron chi connectivity index (χ1n) is 6.41. The second-order valence-corrected chi connectivity index (χ2v) is 4.35. The van der Waals surface area contributed by atoms with E-state index in [2.05, 4.69) is 14.8 Å². The summed E-state index contributed by atoms with van der Waals surface area (Å²) >= 11 is 0. The van der Waals surface area contributed by atoms with Crippen LogP contribution < -0.4 is 0 Å². The highest BCUT2D eigenvalue weighted by Crippen LogP contribution is 2.17. The van der Waals surface area contributed by atoms with Crippen LogP contribution in [0.25, 0.3) is 0 Å². The van der Waals surface area contributed by atoms with Gasteiger partial charge in [0.25, 0.3) is 5.91 Å². The molecule has 1 aliphatic rings. The molecule has 0 spiro atoms. The van der Waals surface area contributed by atoms with E-state index in [0.29, 0.717) is 5.96 Å². The van der Waals surface area contributed by atoms with Gasteiger partial charge in [-0.05, 0) is 12.8 Å². The molecule has 1 rings (SSSR count). The van der Waals surface area contributed by atoms with Crippen LogP contribution in [0.3, 0.4) is 0 Å². The minimum absolute atomic E-state index is 0.0239. The zero-order valence-corrected chi connectivity index (χ0v) is 12.5. The third-order valence-corrected chi connectivity index (χ3v) is 2.73. The first-order chi connectivity index (χ1) is 9.44. The van der Waals surface area contributed by atoms with E-state index in [9.17, 15) is 9.59 Å². The Morgan fingerprint density at radius 1 is 1.40 bits per heavy atom. The molecule has 0 aliphatic carbocycles. The second-order valence-electron chi connectivity index (χ2n) is 4.35. The van der Waals surface area contributed by atoms with Crippen LogP contribution in [-0.4, -0.2) is 54.7 Å². The summed E-state index contributed by atoms with van der Waals surface area (Å²) in [4.78, 5) is 29.3. The van der Waals surface area contributed by atoms with Gasteiger partial charge in [0.2, 0.25) is 5.96 Å². The monoisotopic (exact) mass is 280 g/mol. The van der Waals surface area contributed by atoms with Gasteiger partial charge in [0, 0.05) is 19.8 Å².